The van der Waals surface area contributed by atoms with Crippen LogP contribution in [-0.2, 0) is 9.59 Å². The number of carbonyl (C=O) groups excluding carboxylic acids is 2. The Morgan fingerprint density at radius 3 is 2.67 bits per heavy atom. The standard InChI is InChI=1S/C18H17BrN2O3/c1-24-16-9-5-3-7-14(16)20-18(23)12-10-17(22)21(11-12)15-8-4-2-6-13(15)19/h2-9,12H,10-11H2,1H3,(H,20,23)/t12-/m0/s1. The minimum atomic E-state index is -0.394. The molecule has 0 spiro atoms. The summed E-state index contributed by atoms with van der Waals surface area (Å²) in [6, 6.07) is 14.7. The van der Waals surface area contributed by atoms with Crippen LogP contribution in [0.25, 0.3) is 0 Å². The SMILES string of the molecule is COc1ccccc1NC(=O)[C@H]1CC(=O)N(c2ccccc2Br)C1. The Hall–Kier alpha value is -2.34. The molecular weight excluding hydrogens is 372 g/mol. The fraction of sp³-hybridized carbons (Fsp3) is 0.222. The van der Waals surface area contributed by atoms with Gasteiger partial charge in [0.15, 0.2) is 0 Å². The number of methoxy groups -OCH3 is 1. The largest absolute Gasteiger partial charge is 0.495 e. The molecule has 1 N–H and O–H groups in total. The predicted octanol–water partition coefficient (Wildman–Crippen LogP) is 3.45. The van der Waals surface area contributed by atoms with Gasteiger partial charge in [0.1, 0.15) is 5.75 Å². The third-order valence-electron chi connectivity index (χ3n) is 4.00. The molecule has 0 radical (unpaired) electrons. The molecule has 1 heterocycles. The van der Waals surface area contributed by atoms with E-state index < -0.39 is 5.92 Å². The molecule has 3 rings (SSSR count). The summed E-state index contributed by atoms with van der Waals surface area (Å²) in [7, 11) is 1.55. The van der Waals surface area contributed by atoms with E-state index in [2.05, 4.69) is 21.2 Å². The predicted molar refractivity (Wildman–Crippen MR) is 96.2 cm³/mol. The summed E-state index contributed by atoms with van der Waals surface area (Å²) < 4.78 is 6.08. The van der Waals surface area contributed by atoms with Crippen molar-refractivity contribution in [3.05, 3.63) is 53.0 Å². The maximum atomic E-state index is 12.5. The van der Waals surface area contributed by atoms with Gasteiger partial charge in [-0.15, -0.1) is 0 Å². The van der Waals surface area contributed by atoms with Crippen molar-refractivity contribution < 1.29 is 14.3 Å². The fourth-order valence-corrected chi connectivity index (χ4v) is 3.27. The van der Waals surface area contributed by atoms with E-state index in [9.17, 15) is 9.59 Å². The molecule has 0 unspecified atom stereocenters. The fourth-order valence-electron chi connectivity index (χ4n) is 2.77. The van der Waals surface area contributed by atoms with Gasteiger partial charge in [-0.2, -0.15) is 0 Å². The van der Waals surface area contributed by atoms with Gasteiger partial charge in [-0.3, -0.25) is 9.59 Å². The molecule has 0 aliphatic carbocycles. The Labute approximate surface area is 148 Å². The molecular formula is C18H17BrN2O3. The van der Waals surface area contributed by atoms with Gasteiger partial charge in [-0.25, -0.2) is 0 Å². The molecule has 1 fully saturated rings. The van der Waals surface area contributed by atoms with Gasteiger partial charge in [0.05, 0.1) is 24.4 Å². The topological polar surface area (TPSA) is 58.6 Å². The van der Waals surface area contributed by atoms with Crippen molar-refractivity contribution in [3.63, 3.8) is 0 Å². The lowest BCUT2D eigenvalue weighted by Gasteiger charge is -2.18. The summed E-state index contributed by atoms with van der Waals surface area (Å²) in [5.41, 5.74) is 1.40. The van der Waals surface area contributed by atoms with Crippen molar-refractivity contribution in [2.24, 2.45) is 5.92 Å². The third kappa shape index (κ3) is 3.28. The lowest BCUT2D eigenvalue weighted by atomic mass is 10.1. The molecule has 1 aliphatic rings. The third-order valence-corrected chi connectivity index (χ3v) is 4.67. The van der Waals surface area contributed by atoms with Crippen molar-refractivity contribution >= 4 is 39.1 Å². The van der Waals surface area contributed by atoms with E-state index in [4.69, 9.17) is 4.74 Å². The Morgan fingerprint density at radius 1 is 1.21 bits per heavy atom. The number of rotatable bonds is 4. The summed E-state index contributed by atoms with van der Waals surface area (Å²) in [6.07, 6.45) is 0.197. The van der Waals surface area contributed by atoms with Crippen LogP contribution >= 0.6 is 15.9 Å². The first-order valence-electron chi connectivity index (χ1n) is 7.59. The van der Waals surface area contributed by atoms with Crippen LogP contribution in [0.2, 0.25) is 0 Å². The average Bonchev–Trinajstić information content (AvgIpc) is 2.97. The maximum absolute atomic E-state index is 12.5. The lowest BCUT2D eigenvalue weighted by Crippen LogP contribution is -2.28. The molecule has 0 saturated carbocycles. The van der Waals surface area contributed by atoms with Gasteiger partial charge in [0.25, 0.3) is 0 Å². The first-order chi connectivity index (χ1) is 11.6. The number of hydrogen-bond donors (Lipinski definition) is 1. The first kappa shape index (κ1) is 16.5. The van der Waals surface area contributed by atoms with Gasteiger partial charge in [0.2, 0.25) is 11.8 Å². The van der Waals surface area contributed by atoms with E-state index >= 15 is 0 Å². The summed E-state index contributed by atoms with van der Waals surface area (Å²) >= 11 is 3.45. The van der Waals surface area contributed by atoms with E-state index in [0.29, 0.717) is 18.0 Å². The number of carbonyl (C=O) groups is 2. The Balaban J connectivity index is 1.74. The minimum Gasteiger partial charge on any atom is -0.495 e. The molecule has 2 aromatic rings. The van der Waals surface area contributed by atoms with Crippen LogP contribution in [0.1, 0.15) is 6.42 Å². The Kier molecular flexibility index (Phi) is 4.85. The van der Waals surface area contributed by atoms with Crippen molar-refractivity contribution in [3.8, 4) is 5.75 Å². The van der Waals surface area contributed by atoms with Crippen LogP contribution in [0, 0.1) is 5.92 Å². The Bertz CT molecular complexity index is 778. The van der Waals surface area contributed by atoms with Crippen LogP contribution < -0.4 is 15.0 Å². The van der Waals surface area contributed by atoms with Gasteiger partial charge >= 0.3 is 0 Å². The van der Waals surface area contributed by atoms with Crippen LogP contribution in [0.4, 0.5) is 11.4 Å². The van der Waals surface area contributed by atoms with Crippen molar-refractivity contribution in [1.29, 1.82) is 0 Å². The zero-order valence-electron chi connectivity index (χ0n) is 13.2. The van der Waals surface area contributed by atoms with E-state index in [0.717, 1.165) is 10.2 Å². The van der Waals surface area contributed by atoms with Crippen LogP contribution in [-0.4, -0.2) is 25.5 Å². The van der Waals surface area contributed by atoms with Gasteiger partial charge in [-0.05, 0) is 40.2 Å². The lowest BCUT2D eigenvalue weighted by molar-refractivity contribution is -0.122. The molecule has 6 heteroatoms. The van der Waals surface area contributed by atoms with Crippen molar-refractivity contribution in [2.75, 3.05) is 23.9 Å². The number of ether oxygens (including phenoxy) is 1. The minimum absolute atomic E-state index is 0.0536. The van der Waals surface area contributed by atoms with E-state index in [-0.39, 0.29) is 18.2 Å². The highest BCUT2D eigenvalue weighted by atomic mass is 79.9. The second-order valence-corrected chi connectivity index (χ2v) is 6.40. The summed E-state index contributed by atoms with van der Waals surface area (Å²) in [5, 5.41) is 2.86. The number of hydrogen-bond acceptors (Lipinski definition) is 3. The molecule has 1 atom stereocenters. The van der Waals surface area contributed by atoms with E-state index in [1.54, 1.807) is 24.1 Å². The van der Waals surface area contributed by atoms with E-state index in [1.807, 2.05) is 36.4 Å². The number of nitrogens with zero attached hydrogens (tertiary/aromatic N) is 1. The molecule has 0 aromatic heterocycles. The molecule has 124 valence electrons. The quantitative estimate of drug-likeness (QED) is 0.872. The second-order valence-electron chi connectivity index (χ2n) is 5.55. The van der Waals surface area contributed by atoms with Gasteiger partial charge in [-0.1, -0.05) is 24.3 Å². The summed E-state index contributed by atoms with van der Waals surface area (Å²) in [5.74, 6) is -0.0307. The normalized spacial score (nSPS) is 17.0. The highest BCUT2D eigenvalue weighted by Crippen LogP contribution is 2.32. The van der Waals surface area contributed by atoms with Crippen LogP contribution in [0.3, 0.4) is 0 Å². The Morgan fingerprint density at radius 2 is 1.92 bits per heavy atom. The summed E-state index contributed by atoms with van der Waals surface area (Å²) in [6.45, 7) is 0.364. The molecule has 24 heavy (non-hydrogen) atoms. The molecule has 1 aliphatic heterocycles. The number of benzene rings is 2. The van der Waals surface area contributed by atoms with Crippen molar-refractivity contribution in [2.45, 2.75) is 6.42 Å². The molecule has 0 bridgehead atoms. The van der Waals surface area contributed by atoms with Crippen LogP contribution in [0.15, 0.2) is 53.0 Å². The molecule has 2 amide bonds. The van der Waals surface area contributed by atoms with Gasteiger partial charge in [0, 0.05) is 17.4 Å². The summed E-state index contributed by atoms with van der Waals surface area (Å²) in [4.78, 5) is 26.5. The highest BCUT2D eigenvalue weighted by Gasteiger charge is 2.36. The number of nitrogens with one attached hydrogen (secondary N) is 1. The monoisotopic (exact) mass is 388 g/mol. The zero-order valence-corrected chi connectivity index (χ0v) is 14.7. The number of para-hydroxylation sites is 3. The smallest absolute Gasteiger partial charge is 0.229 e. The van der Waals surface area contributed by atoms with E-state index in [1.165, 1.54) is 0 Å². The first-order valence-corrected chi connectivity index (χ1v) is 8.38. The zero-order chi connectivity index (χ0) is 17.1. The molecule has 1 saturated heterocycles. The average molecular weight is 389 g/mol. The van der Waals surface area contributed by atoms with Gasteiger partial charge < -0.3 is 15.0 Å². The number of anilines is 2. The maximum Gasteiger partial charge on any atom is 0.229 e. The number of amides is 2. The van der Waals surface area contributed by atoms with Crippen LogP contribution in [0.5, 0.6) is 5.75 Å². The second kappa shape index (κ2) is 7.05. The molecule has 2 aromatic carbocycles. The molecule has 5 nitrogen and oxygen atoms in total. The number of halogens is 1. The highest BCUT2D eigenvalue weighted by molar-refractivity contribution is 9.10. The van der Waals surface area contributed by atoms with Crippen molar-refractivity contribution in [1.82, 2.24) is 0 Å².